The summed E-state index contributed by atoms with van der Waals surface area (Å²) >= 11 is 0. The van der Waals surface area contributed by atoms with Crippen molar-refractivity contribution >= 4 is 23.6 Å². The number of benzene rings is 2. The molecule has 8 nitrogen and oxygen atoms in total. The third-order valence-corrected chi connectivity index (χ3v) is 3.48. The molecule has 0 saturated carbocycles. The number of rotatable bonds is 9. The first-order valence-electron chi connectivity index (χ1n) is 8.04. The lowest BCUT2D eigenvalue weighted by Crippen LogP contribution is -2.23. The molecule has 140 valence electrons. The Bertz CT molecular complexity index is 831. The fourth-order valence-electron chi connectivity index (χ4n) is 2.05. The second-order valence-corrected chi connectivity index (χ2v) is 5.50. The van der Waals surface area contributed by atoms with Gasteiger partial charge in [0, 0.05) is 12.0 Å². The van der Waals surface area contributed by atoms with E-state index < -0.39 is 30.0 Å². The predicted molar refractivity (Wildman–Crippen MR) is 96.6 cm³/mol. The summed E-state index contributed by atoms with van der Waals surface area (Å²) in [7, 11) is 0. The van der Waals surface area contributed by atoms with Gasteiger partial charge in [-0.3, -0.25) is 9.59 Å². The molecule has 3 N–H and O–H groups in total. The Kier molecular flexibility index (Phi) is 7.07. The number of nitrogens with zero attached hydrogens (tertiary/aromatic N) is 1. The number of nitrogens with one attached hydrogen (secondary N) is 1. The van der Waals surface area contributed by atoms with Crippen LogP contribution in [0.4, 0.5) is 0 Å². The highest BCUT2D eigenvalue weighted by atomic mass is 16.5. The maximum atomic E-state index is 12.0. The molecule has 0 aliphatic carbocycles. The van der Waals surface area contributed by atoms with Gasteiger partial charge in [0.25, 0.3) is 5.91 Å². The summed E-state index contributed by atoms with van der Waals surface area (Å²) in [6, 6.07) is 15.8. The van der Waals surface area contributed by atoms with E-state index in [0.717, 1.165) is 11.3 Å². The Morgan fingerprint density at radius 2 is 1.59 bits per heavy atom. The van der Waals surface area contributed by atoms with E-state index in [4.69, 9.17) is 14.9 Å². The average molecular weight is 370 g/mol. The average Bonchev–Trinajstić information content (AvgIpc) is 2.67. The maximum Gasteiger partial charge on any atom is 0.352 e. The van der Waals surface area contributed by atoms with Crippen LogP contribution in [0.1, 0.15) is 28.8 Å². The van der Waals surface area contributed by atoms with Gasteiger partial charge in [-0.1, -0.05) is 30.3 Å². The van der Waals surface area contributed by atoms with Gasteiger partial charge >= 0.3 is 11.9 Å². The predicted octanol–water partition coefficient (Wildman–Crippen LogP) is 2.30. The van der Waals surface area contributed by atoms with Crippen molar-refractivity contribution < 1.29 is 29.3 Å². The number of carboxylic acids is 2. The highest BCUT2D eigenvalue weighted by Gasteiger charge is 2.13. The van der Waals surface area contributed by atoms with Crippen molar-refractivity contribution in [1.82, 2.24) is 5.43 Å². The van der Waals surface area contributed by atoms with Gasteiger partial charge in [-0.05, 0) is 29.8 Å². The zero-order valence-corrected chi connectivity index (χ0v) is 14.3. The second-order valence-electron chi connectivity index (χ2n) is 5.50. The van der Waals surface area contributed by atoms with Gasteiger partial charge in [-0.25, -0.2) is 10.2 Å². The number of hydrogen-bond donors (Lipinski definition) is 3. The fourth-order valence-corrected chi connectivity index (χ4v) is 2.05. The van der Waals surface area contributed by atoms with E-state index in [9.17, 15) is 14.4 Å². The Labute approximate surface area is 155 Å². The van der Waals surface area contributed by atoms with E-state index in [1.807, 2.05) is 30.3 Å². The van der Waals surface area contributed by atoms with E-state index in [-0.39, 0.29) is 12.0 Å². The van der Waals surface area contributed by atoms with Crippen LogP contribution in [-0.2, 0) is 16.2 Å². The fraction of sp³-hybridized carbons (Fsp3) is 0.158. The molecule has 0 saturated heterocycles. The molecule has 0 fully saturated rings. The van der Waals surface area contributed by atoms with Crippen molar-refractivity contribution in [2.24, 2.45) is 5.10 Å². The van der Waals surface area contributed by atoms with Crippen molar-refractivity contribution in [2.45, 2.75) is 19.4 Å². The minimum Gasteiger partial charge on any atom is -0.489 e. The maximum absolute atomic E-state index is 12.0. The lowest BCUT2D eigenvalue weighted by atomic mass is 10.1. The Balaban J connectivity index is 1.93. The molecule has 2 aromatic rings. The molecule has 0 aliphatic heterocycles. The Morgan fingerprint density at radius 3 is 2.19 bits per heavy atom. The molecule has 0 bridgehead atoms. The van der Waals surface area contributed by atoms with Crippen LogP contribution < -0.4 is 10.2 Å². The Morgan fingerprint density at radius 1 is 0.926 bits per heavy atom. The van der Waals surface area contributed by atoms with Crippen molar-refractivity contribution in [1.29, 1.82) is 0 Å². The molecule has 0 unspecified atom stereocenters. The van der Waals surface area contributed by atoms with Crippen LogP contribution >= 0.6 is 0 Å². The first-order chi connectivity index (χ1) is 13.0. The topological polar surface area (TPSA) is 125 Å². The molecular formula is C19H18N2O6. The standard InChI is InChI=1S/C19H18N2O6/c22-17(23)11-10-16(19(25)26)20-21-18(24)14-8-6-13(7-9-14)12-27-15-4-2-1-3-5-15/h1-9H,10-12H2,(H,21,24)(H,22,23)(H,25,26). The van der Waals surface area contributed by atoms with Gasteiger partial charge in [0.2, 0.25) is 0 Å². The molecular weight excluding hydrogens is 352 g/mol. The second kappa shape index (κ2) is 9.71. The quantitative estimate of drug-likeness (QED) is 0.459. The first kappa shape index (κ1) is 19.6. The van der Waals surface area contributed by atoms with Gasteiger partial charge in [0.15, 0.2) is 0 Å². The smallest absolute Gasteiger partial charge is 0.352 e. The number of para-hydroxylation sites is 1. The summed E-state index contributed by atoms with van der Waals surface area (Å²) in [5.41, 5.74) is 2.83. The van der Waals surface area contributed by atoms with Crippen LogP contribution in [0.15, 0.2) is 59.7 Å². The first-order valence-corrected chi connectivity index (χ1v) is 8.04. The number of carboxylic acid groups (broad SMARTS) is 2. The number of hydrazone groups is 1. The summed E-state index contributed by atoms with van der Waals surface area (Å²) in [6.45, 7) is 0.336. The zero-order valence-electron chi connectivity index (χ0n) is 14.3. The minimum atomic E-state index is -1.38. The minimum absolute atomic E-state index is 0.283. The number of hydrogen-bond acceptors (Lipinski definition) is 5. The van der Waals surface area contributed by atoms with Crippen LogP contribution in [0, 0.1) is 0 Å². The SMILES string of the molecule is O=C(O)CCC(=NNC(=O)c1ccc(COc2ccccc2)cc1)C(=O)O. The van der Waals surface area contributed by atoms with Crippen molar-refractivity contribution in [3.8, 4) is 5.75 Å². The molecule has 2 rings (SSSR count). The van der Waals surface area contributed by atoms with E-state index >= 15 is 0 Å². The monoisotopic (exact) mass is 370 g/mol. The molecule has 0 radical (unpaired) electrons. The van der Waals surface area contributed by atoms with Crippen LogP contribution in [0.2, 0.25) is 0 Å². The van der Waals surface area contributed by atoms with Gasteiger partial charge < -0.3 is 14.9 Å². The molecule has 0 aromatic heterocycles. The molecule has 0 atom stereocenters. The largest absolute Gasteiger partial charge is 0.489 e. The summed E-state index contributed by atoms with van der Waals surface area (Å²) in [5.74, 6) is -2.40. The van der Waals surface area contributed by atoms with Crippen molar-refractivity contribution in [3.63, 3.8) is 0 Å². The summed E-state index contributed by atoms with van der Waals surface area (Å²) in [5, 5.41) is 21.1. The van der Waals surface area contributed by atoms with E-state index in [0.29, 0.717) is 6.61 Å². The molecule has 0 heterocycles. The van der Waals surface area contributed by atoms with Gasteiger partial charge in [0.05, 0.1) is 6.42 Å². The third kappa shape index (κ3) is 6.62. The lowest BCUT2D eigenvalue weighted by Gasteiger charge is -2.07. The van der Waals surface area contributed by atoms with Crippen LogP contribution in [-0.4, -0.2) is 33.8 Å². The van der Waals surface area contributed by atoms with E-state index in [2.05, 4.69) is 10.5 Å². The number of amides is 1. The lowest BCUT2D eigenvalue weighted by molar-refractivity contribution is -0.136. The summed E-state index contributed by atoms with van der Waals surface area (Å²) < 4.78 is 5.61. The normalized spacial score (nSPS) is 10.9. The van der Waals surface area contributed by atoms with Crippen molar-refractivity contribution in [3.05, 3.63) is 65.7 Å². The van der Waals surface area contributed by atoms with Gasteiger partial charge in [-0.15, -0.1) is 0 Å². The number of ether oxygens (including phenoxy) is 1. The Hall–Kier alpha value is -3.68. The molecule has 2 aromatic carbocycles. The molecule has 1 amide bonds. The van der Waals surface area contributed by atoms with Crippen LogP contribution in [0.25, 0.3) is 0 Å². The highest BCUT2D eigenvalue weighted by molar-refractivity contribution is 6.35. The highest BCUT2D eigenvalue weighted by Crippen LogP contribution is 2.12. The molecule has 8 heteroatoms. The number of carbonyl (C=O) groups excluding carboxylic acids is 1. The van der Waals surface area contributed by atoms with Crippen LogP contribution in [0.5, 0.6) is 5.75 Å². The van der Waals surface area contributed by atoms with E-state index in [1.165, 1.54) is 0 Å². The van der Waals surface area contributed by atoms with E-state index in [1.54, 1.807) is 24.3 Å². The van der Waals surface area contributed by atoms with Crippen molar-refractivity contribution in [2.75, 3.05) is 0 Å². The summed E-state index contributed by atoms with van der Waals surface area (Å²) in [6.07, 6.45) is -0.683. The third-order valence-electron chi connectivity index (χ3n) is 3.48. The number of carbonyl (C=O) groups is 3. The molecule has 0 spiro atoms. The van der Waals surface area contributed by atoms with Crippen LogP contribution in [0.3, 0.4) is 0 Å². The molecule has 0 aliphatic rings. The van der Waals surface area contributed by atoms with Gasteiger partial charge in [-0.2, -0.15) is 5.10 Å². The number of aliphatic carboxylic acids is 2. The molecule has 27 heavy (non-hydrogen) atoms. The zero-order chi connectivity index (χ0) is 19.6. The summed E-state index contributed by atoms with van der Waals surface area (Å²) in [4.78, 5) is 33.6. The van der Waals surface area contributed by atoms with Gasteiger partial charge in [0.1, 0.15) is 18.1 Å².